The maximum absolute atomic E-state index is 12.7. The minimum Gasteiger partial charge on any atom is -0.497 e. The van der Waals surface area contributed by atoms with Crippen LogP contribution in [0.4, 0.5) is 17.2 Å². The first-order chi connectivity index (χ1) is 13.0. The molecule has 0 bridgehead atoms. The minimum atomic E-state index is -0.412. The van der Waals surface area contributed by atoms with Crippen molar-refractivity contribution in [2.45, 2.75) is 13.8 Å². The largest absolute Gasteiger partial charge is 0.497 e. The summed E-state index contributed by atoms with van der Waals surface area (Å²) in [6.07, 6.45) is 0. The normalized spacial score (nSPS) is 10.4. The number of nitrogens with one attached hydrogen (secondary N) is 3. The van der Waals surface area contributed by atoms with Crippen molar-refractivity contribution >= 4 is 23.1 Å². The Morgan fingerprint density at radius 1 is 0.926 bits per heavy atom. The van der Waals surface area contributed by atoms with E-state index < -0.39 is 5.91 Å². The van der Waals surface area contributed by atoms with Crippen LogP contribution >= 0.6 is 0 Å². The average molecular weight is 367 g/mol. The van der Waals surface area contributed by atoms with Crippen molar-refractivity contribution in [1.29, 1.82) is 0 Å². The number of H-pyrrole nitrogens is 1. The zero-order valence-electron chi connectivity index (χ0n) is 15.6. The van der Waals surface area contributed by atoms with Crippen LogP contribution < -0.4 is 20.1 Å². The predicted octanol–water partition coefficient (Wildman–Crippen LogP) is 3.43. The van der Waals surface area contributed by atoms with Gasteiger partial charge in [0.15, 0.2) is 11.5 Å². The number of nitrogens with zero attached hydrogens (tertiary/aromatic N) is 2. The van der Waals surface area contributed by atoms with Gasteiger partial charge in [0.1, 0.15) is 11.5 Å². The van der Waals surface area contributed by atoms with E-state index in [1.54, 1.807) is 32.4 Å². The number of hydrogen-bond donors (Lipinski definition) is 3. The molecule has 1 amide bonds. The Hall–Kier alpha value is -3.55. The van der Waals surface area contributed by atoms with Crippen LogP contribution in [-0.4, -0.2) is 35.5 Å². The molecule has 0 aliphatic carbocycles. The topological polar surface area (TPSA) is 101 Å². The zero-order chi connectivity index (χ0) is 19.4. The van der Waals surface area contributed by atoms with Crippen molar-refractivity contribution in [2.24, 2.45) is 0 Å². The second-order valence-corrected chi connectivity index (χ2v) is 6.00. The number of hydrogen-bond acceptors (Lipinski definition) is 6. The van der Waals surface area contributed by atoms with Crippen molar-refractivity contribution in [3.05, 3.63) is 53.2 Å². The second-order valence-electron chi connectivity index (χ2n) is 6.00. The monoisotopic (exact) mass is 367 g/mol. The van der Waals surface area contributed by atoms with E-state index in [1.807, 2.05) is 32.0 Å². The molecule has 0 radical (unpaired) electrons. The van der Waals surface area contributed by atoms with Gasteiger partial charge in [-0.2, -0.15) is 5.21 Å². The highest BCUT2D eigenvalue weighted by atomic mass is 16.5. The fraction of sp³-hybridized carbons (Fsp3) is 0.211. The first-order valence-electron chi connectivity index (χ1n) is 8.29. The van der Waals surface area contributed by atoms with Gasteiger partial charge in [0.25, 0.3) is 5.91 Å². The van der Waals surface area contributed by atoms with Crippen LogP contribution in [-0.2, 0) is 0 Å². The van der Waals surface area contributed by atoms with E-state index in [4.69, 9.17) is 9.47 Å². The number of methoxy groups -OCH3 is 2. The quantitative estimate of drug-likeness (QED) is 0.617. The molecule has 0 unspecified atom stereocenters. The van der Waals surface area contributed by atoms with E-state index in [-0.39, 0.29) is 5.69 Å². The molecule has 0 spiro atoms. The van der Waals surface area contributed by atoms with Crippen LogP contribution in [0.25, 0.3) is 0 Å². The van der Waals surface area contributed by atoms with E-state index in [0.29, 0.717) is 23.0 Å². The predicted molar refractivity (Wildman–Crippen MR) is 103 cm³/mol. The lowest BCUT2D eigenvalue weighted by atomic mass is 10.1. The highest BCUT2D eigenvalue weighted by molar-refractivity contribution is 6.06. The van der Waals surface area contributed by atoms with E-state index in [2.05, 4.69) is 26.0 Å². The molecule has 3 aromatic rings. The highest BCUT2D eigenvalue weighted by Gasteiger charge is 2.18. The number of aromatic nitrogens is 3. The van der Waals surface area contributed by atoms with E-state index in [9.17, 15) is 4.79 Å². The molecule has 1 heterocycles. The summed E-state index contributed by atoms with van der Waals surface area (Å²) in [6, 6.07) is 11.0. The lowest BCUT2D eigenvalue weighted by Crippen LogP contribution is -2.14. The molecule has 3 rings (SSSR count). The first kappa shape index (κ1) is 18.2. The van der Waals surface area contributed by atoms with Crippen molar-refractivity contribution in [2.75, 3.05) is 24.9 Å². The molecule has 3 N–H and O–H groups in total. The summed E-state index contributed by atoms with van der Waals surface area (Å²) in [6.45, 7) is 4.06. The number of aryl methyl sites for hydroxylation is 2. The average Bonchev–Trinajstić information content (AvgIpc) is 3.12. The summed E-state index contributed by atoms with van der Waals surface area (Å²) in [5.41, 5.74) is 3.82. The molecule has 0 aliphatic rings. The molecule has 8 heteroatoms. The van der Waals surface area contributed by atoms with E-state index >= 15 is 0 Å². The van der Waals surface area contributed by atoms with Crippen molar-refractivity contribution in [1.82, 2.24) is 15.4 Å². The lowest BCUT2D eigenvalue weighted by Gasteiger charge is -2.10. The van der Waals surface area contributed by atoms with Crippen LogP contribution in [0, 0.1) is 13.8 Å². The number of anilines is 3. The van der Waals surface area contributed by atoms with Crippen LogP contribution in [0.1, 0.15) is 21.6 Å². The molecule has 1 aromatic heterocycles. The van der Waals surface area contributed by atoms with E-state index in [1.165, 1.54) is 5.56 Å². The maximum atomic E-state index is 12.7. The third kappa shape index (κ3) is 4.17. The zero-order valence-corrected chi connectivity index (χ0v) is 15.6. The third-order valence-electron chi connectivity index (χ3n) is 4.14. The van der Waals surface area contributed by atoms with Crippen LogP contribution in [0.15, 0.2) is 36.4 Å². The molecular weight excluding hydrogens is 346 g/mol. The van der Waals surface area contributed by atoms with Gasteiger partial charge in [0, 0.05) is 29.6 Å². The lowest BCUT2D eigenvalue weighted by molar-refractivity contribution is 0.102. The maximum Gasteiger partial charge on any atom is 0.280 e. The molecule has 0 saturated heterocycles. The number of carbonyl (C=O) groups is 1. The Morgan fingerprint density at radius 2 is 1.63 bits per heavy atom. The van der Waals surface area contributed by atoms with Gasteiger partial charge in [-0.05, 0) is 37.1 Å². The van der Waals surface area contributed by atoms with Crippen LogP contribution in [0.2, 0.25) is 0 Å². The van der Waals surface area contributed by atoms with Gasteiger partial charge in [0.05, 0.1) is 14.2 Å². The smallest absolute Gasteiger partial charge is 0.280 e. The standard InChI is InChI=1S/C19H21N5O3/c1-11-5-6-13(7-12(11)2)20-18-17(22-24-23-18)19(25)21-14-8-15(26-3)10-16(9-14)27-4/h5-10H,1-4H3,(H,21,25)(H2,20,22,23,24). The summed E-state index contributed by atoms with van der Waals surface area (Å²) in [7, 11) is 3.09. The van der Waals surface area contributed by atoms with Gasteiger partial charge in [-0.15, -0.1) is 10.2 Å². The molecule has 8 nitrogen and oxygen atoms in total. The fourth-order valence-corrected chi connectivity index (χ4v) is 2.50. The third-order valence-corrected chi connectivity index (χ3v) is 4.14. The van der Waals surface area contributed by atoms with Crippen LogP contribution in [0.5, 0.6) is 11.5 Å². The van der Waals surface area contributed by atoms with Gasteiger partial charge in [-0.3, -0.25) is 4.79 Å². The second kappa shape index (κ2) is 7.77. The molecule has 0 atom stereocenters. The molecule has 0 saturated carbocycles. The molecule has 27 heavy (non-hydrogen) atoms. The SMILES string of the molecule is COc1cc(NC(=O)c2n[nH]nc2Nc2ccc(C)c(C)c2)cc(OC)c1. The minimum absolute atomic E-state index is 0.148. The molecule has 0 fully saturated rings. The molecule has 140 valence electrons. The van der Waals surface area contributed by atoms with Gasteiger partial charge >= 0.3 is 0 Å². The Kier molecular flexibility index (Phi) is 5.25. The number of carbonyl (C=O) groups excluding carboxylic acids is 1. The fourth-order valence-electron chi connectivity index (χ4n) is 2.50. The summed E-state index contributed by atoms with van der Waals surface area (Å²) >= 11 is 0. The van der Waals surface area contributed by atoms with Gasteiger partial charge in [-0.25, -0.2) is 0 Å². The highest BCUT2D eigenvalue weighted by Crippen LogP contribution is 2.27. The Balaban J connectivity index is 1.80. The Labute approximate surface area is 156 Å². The number of ether oxygens (including phenoxy) is 2. The van der Waals surface area contributed by atoms with E-state index in [0.717, 1.165) is 11.3 Å². The Bertz CT molecular complexity index is 945. The number of benzene rings is 2. The molecule has 2 aromatic carbocycles. The Morgan fingerprint density at radius 3 is 2.26 bits per heavy atom. The van der Waals surface area contributed by atoms with Crippen molar-refractivity contribution in [3.63, 3.8) is 0 Å². The summed E-state index contributed by atoms with van der Waals surface area (Å²) in [4.78, 5) is 12.7. The summed E-state index contributed by atoms with van der Waals surface area (Å²) in [5.74, 6) is 1.06. The number of aromatic amines is 1. The molecular formula is C19H21N5O3. The summed E-state index contributed by atoms with van der Waals surface area (Å²) in [5, 5.41) is 16.4. The first-order valence-corrected chi connectivity index (χ1v) is 8.29. The summed E-state index contributed by atoms with van der Waals surface area (Å²) < 4.78 is 10.4. The number of amides is 1. The van der Waals surface area contributed by atoms with Gasteiger partial charge < -0.3 is 20.1 Å². The van der Waals surface area contributed by atoms with Gasteiger partial charge in [0.2, 0.25) is 0 Å². The molecule has 0 aliphatic heterocycles. The van der Waals surface area contributed by atoms with Gasteiger partial charge in [-0.1, -0.05) is 6.07 Å². The van der Waals surface area contributed by atoms with Crippen molar-refractivity contribution in [3.8, 4) is 11.5 Å². The van der Waals surface area contributed by atoms with Crippen LogP contribution in [0.3, 0.4) is 0 Å². The number of rotatable bonds is 6. The van der Waals surface area contributed by atoms with Crippen molar-refractivity contribution < 1.29 is 14.3 Å².